The van der Waals surface area contributed by atoms with Gasteiger partial charge in [-0.1, -0.05) is 0 Å². The SMILES string of the molecule is COc1ccc2nc(CO[C@H]3CN(C(=O)c4cnccn4)C[C@H]3F)[nH]c2c1. The molecule has 2 aromatic heterocycles. The fraction of sp³-hybridized carbons (Fsp3) is 0.333. The van der Waals surface area contributed by atoms with Gasteiger partial charge in [0, 0.05) is 18.5 Å². The number of aromatic nitrogens is 4. The van der Waals surface area contributed by atoms with Crippen LogP contribution in [0.3, 0.4) is 0 Å². The van der Waals surface area contributed by atoms with E-state index in [0.717, 1.165) is 16.8 Å². The lowest BCUT2D eigenvalue weighted by molar-refractivity contribution is 0.00886. The van der Waals surface area contributed by atoms with Crippen molar-refractivity contribution in [2.45, 2.75) is 18.9 Å². The zero-order valence-electron chi connectivity index (χ0n) is 14.6. The Morgan fingerprint density at radius 1 is 1.37 bits per heavy atom. The van der Waals surface area contributed by atoms with Gasteiger partial charge in [0.25, 0.3) is 5.91 Å². The first kappa shape index (κ1) is 17.3. The molecule has 27 heavy (non-hydrogen) atoms. The van der Waals surface area contributed by atoms with Crippen LogP contribution >= 0.6 is 0 Å². The van der Waals surface area contributed by atoms with Crippen LogP contribution in [0.1, 0.15) is 16.3 Å². The third kappa shape index (κ3) is 3.59. The van der Waals surface area contributed by atoms with E-state index in [-0.39, 0.29) is 31.3 Å². The molecule has 0 unspecified atom stereocenters. The quantitative estimate of drug-likeness (QED) is 0.734. The number of nitrogens with zero attached hydrogens (tertiary/aromatic N) is 4. The van der Waals surface area contributed by atoms with Crippen molar-refractivity contribution in [3.63, 3.8) is 0 Å². The zero-order valence-corrected chi connectivity index (χ0v) is 14.6. The Morgan fingerprint density at radius 3 is 3.04 bits per heavy atom. The number of rotatable bonds is 5. The van der Waals surface area contributed by atoms with Crippen LogP contribution in [-0.4, -0.2) is 63.2 Å². The molecule has 0 aliphatic carbocycles. The third-order valence-corrected chi connectivity index (χ3v) is 4.44. The number of imidazole rings is 1. The number of fused-ring (bicyclic) bond motifs is 1. The van der Waals surface area contributed by atoms with E-state index < -0.39 is 12.3 Å². The molecular formula is C18H18FN5O3. The number of likely N-dealkylation sites (tertiary alicyclic amines) is 1. The van der Waals surface area contributed by atoms with Crippen LogP contribution in [0.25, 0.3) is 11.0 Å². The smallest absolute Gasteiger partial charge is 0.274 e. The fourth-order valence-electron chi connectivity index (χ4n) is 3.05. The van der Waals surface area contributed by atoms with Gasteiger partial charge in [-0.15, -0.1) is 0 Å². The van der Waals surface area contributed by atoms with Crippen LogP contribution in [0.2, 0.25) is 0 Å². The Bertz CT molecular complexity index is 949. The monoisotopic (exact) mass is 371 g/mol. The first-order chi connectivity index (χ1) is 13.1. The Kier molecular flexibility index (Phi) is 4.68. The van der Waals surface area contributed by atoms with Gasteiger partial charge in [0.15, 0.2) is 0 Å². The number of hydrogen-bond acceptors (Lipinski definition) is 6. The molecule has 1 amide bonds. The average molecular weight is 371 g/mol. The second kappa shape index (κ2) is 7.28. The lowest BCUT2D eigenvalue weighted by Crippen LogP contribution is -2.30. The molecule has 8 nitrogen and oxygen atoms in total. The highest BCUT2D eigenvalue weighted by Gasteiger charge is 2.37. The molecule has 3 heterocycles. The second-order valence-corrected chi connectivity index (χ2v) is 6.23. The third-order valence-electron chi connectivity index (χ3n) is 4.44. The number of benzene rings is 1. The van der Waals surface area contributed by atoms with E-state index in [4.69, 9.17) is 9.47 Å². The molecule has 0 radical (unpaired) electrons. The average Bonchev–Trinajstić information content (AvgIpc) is 3.28. The molecule has 0 spiro atoms. The lowest BCUT2D eigenvalue weighted by Gasteiger charge is -2.15. The minimum Gasteiger partial charge on any atom is -0.497 e. The van der Waals surface area contributed by atoms with Crippen molar-refractivity contribution in [1.82, 2.24) is 24.8 Å². The van der Waals surface area contributed by atoms with Gasteiger partial charge in [0.2, 0.25) is 0 Å². The topological polar surface area (TPSA) is 93.2 Å². The van der Waals surface area contributed by atoms with Gasteiger partial charge in [0.1, 0.15) is 36.2 Å². The summed E-state index contributed by atoms with van der Waals surface area (Å²) in [5.41, 5.74) is 1.78. The number of H-pyrrole nitrogens is 1. The molecule has 1 aromatic carbocycles. The molecule has 9 heteroatoms. The summed E-state index contributed by atoms with van der Waals surface area (Å²) in [6.45, 7) is 0.247. The van der Waals surface area contributed by atoms with Gasteiger partial charge in [-0.05, 0) is 12.1 Å². The maximum Gasteiger partial charge on any atom is 0.274 e. The summed E-state index contributed by atoms with van der Waals surface area (Å²) in [6.07, 6.45) is 2.30. The van der Waals surface area contributed by atoms with Crippen LogP contribution in [-0.2, 0) is 11.3 Å². The van der Waals surface area contributed by atoms with Crippen molar-refractivity contribution in [3.05, 3.63) is 48.3 Å². The normalized spacial score (nSPS) is 19.6. The number of carbonyl (C=O) groups is 1. The molecule has 0 bridgehead atoms. The second-order valence-electron chi connectivity index (χ2n) is 6.23. The van der Waals surface area contributed by atoms with Gasteiger partial charge in [-0.25, -0.2) is 14.4 Å². The van der Waals surface area contributed by atoms with E-state index in [9.17, 15) is 9.18 Å². The predicted octanol–water partition coefficient (Wildman–Crippen LogP) is 1.74. The summed E-state index contributed by atoms with van der Waals surface area (Å²) in [4.78, 5) is 29.1. The van der Waals surface area contributed by atoms with Crippen molar-refractivity contribution in [3.8, 4) is 5.75 Å². The molecule has 4 rings (SSSR count). The first-order valence-corrected chi connectivity index (χ1v) is 8.47. The van der Waals surface area contributed by atoms with Crippen molar-refractivity contribution < 1.29 is 18.7 Å². The number of alkyl halides is 1. The summed E-state index contributed by atoms with van der Waals surface area (Å²) in [5, 5.41) is 0. The Labute approximate surface area is 154 Å². The van der Waals surface area contributed by atoms with Crippen molar-refractivity contribution >= 4 is 16.9 Å². The summed E-state index contributed by atoms with van der Waals surface area (Å²) in [6, 6.07) is 5.49. The van der Waals surface area contributed by atoms with E-state index in [1.807, 2.05) is 18.2 Å². The minimum atomic E-state index is -1.27. The van der Waals surface area contributed by atoms with E-state index in [0.29, 0.717) is 5.82 Å². The highest BCUT2D eigenvalue weighted by Crippen LogP contribution is 2.22. The molecule has 1 aliphatic rings. The van der Waals surface area contributed by atoms with Gasteiger partial charge in [-0.3, -0.25) is 9.78 Å². The number of ether oxygens (including phenoxy) is 2. The predicted molar refractivity (Wildman–Crippen MR) is 94.1 cm³/mol. The van der Waals surface area contributed by atoms with E-state index in [1.54, 1.807) is 7.11 Å². The minimum absolute atomic E-state index is 0.0304. The van der Waals surface area contributed by atoms with Crippen LogP contribution in [0, 0.1) is 0 Å². The molecule has 0 saturated carbocycles. The number of halogens is 1. The van der Waals surface area contributed by atoms with Gasteiger partial charge in [-0.2, -0.15) is 0 Å². The number of amides is 1. The summed E-state index contributed by atoms with van der Waals surface area (Å²) in [5.74, 6) is 0.952. The van der Waals surface area contributed by atoms with Crippen LogP contribution < -0.4 is 4.74 Å². The van der Waals surface area contributed by atoms with Crippen LogP contribution in [0.15, 0.2) is 36.8 Å². The molecule has 1 saturated heterocycles. The summed E-state index contributed by atoms with van der Waals surface area (Å²) in [7, 11) is 1.59. The maximum absolute atomic E-state index is 14.3. The molecule has 140 valence electrons. The molecular weight excluding hydrogens is 353 g/mol. The Hall–Kier alpha value is -3.07. The van der Waals surface area contributed by atoms with Gasteiger partial charge in [0.05, 0.1) is 37.4 Å². The summed E-state index contributed by atoms with van der Waals surface area (Å²) < 4.78 is 25.2. The van der Waals surface area contributed by atoms with Crippen LogP contribution in [0.5, 0.6) is 5.75 Å². The van der Waals surface area contributed by atoms with Crippen molar-refractivity contribution in [2.24, 2.45) is 0 Å². The number of carbonyl (C=O) groups excluding carboxylic acids is 1. The van der Waals surface area contributed by atoms with E-state index >= 15 is 0 Å². The molecule has 1 aliphatic heterocycles. The fourth-order valence-corrected chi connectivity index (χ4v) is 3.05. The maximum atomic E-state index is 14.3. The van der Waals surface area contributed by atoms with Crippen molar-refractivity contribution in [1.29, 1.82) is 0 Å². The largest absolute Gasteiger partial charge is 0.497 e. The molecule has 2 atom stereocenters. The first-order valence-electron chi connectivity index (χ1n) is 8.47. The van der Waals surface area contributed by atoms with Gasteiger partial charge >= 0.3 is 0 Å². The Morgan fingerprint density at radius 2 is 2.26 bits per heavy atom. The highest BCUT2D eigenvalue weighted by molar-refractivity contribution is 5.92. The molecule has 3 aromatic rings. The number of hydrogen-bond donors (Lipinski definition) is 1. The van der Waals surface area contributed by atoms with Gasteiger partial charge < -0.3 is 19.4 Å². The lowest BCUT2D eigenvalue weighted by atomic mass is 10.3. The van der Waals surface area contributed by atoms with E-state index in [2.05, 4.69) is 19.9 Å². The van der Waals surface area contributed by atoms with Crippen molar-refractivity contribution in [2.75, 3.05) is 20.2 Å². The molecule has 1 N–H and O–H groups in total. The number of aromatic amines is 1. The number of nitrogens with one attached hydrogen (secondary N) is 1. The number of methoxy groups -OCH3 is 1. The zero-order chi connectivity index (χ0) is 18.8. The van der Waals surface area contributed by atoms with E-state index in [1.165, 1.54) is 23.5 Å². The van der Waals surface area contributed by atoms with Crippen LogP contribution in [0.4, 0.5) is 4.39 Å². The standard InChI is InChI=1S/C18H18FN5O3/c1-26-11-2-3-13-14(6-11)23-17(22-13)10-27-16-9-24(8-12(16)19)18(25)15-7-20-4-5-21-15/h2-7,12,16H,8-10H2,1H3,(H,22,23)/t12-,16+/m1/s1. The summed E-state index contributed by atoms with van der Waals surface area (Å²) >= 11 is 0. The highest BCUT2D eigenvalue weighted by atomic mass is 19.1. The Balaban J connectivity index is 1.39. The molecule has 1 fully saturated rings.